The molecule has 0 radical (unpaired) electrons. The fourth-order valence-electron chi connectivity index (χ4n) is 5.65. The lowest BCUT2D eigenvalue weighted by molar-refractivity contribution is 1.19. The number of nitrogens with zero attached hydrogens (tertiary/aromatic N) is 6. The lowest BCUT2D eigenvalue weighted by Gasteiger charge is -2.13. The number of aromatic nitrogens is 6. The number of benzene rings is 2. The van der Waals surface area contributed by atoms with E-state index in [1.54, 1.807) is 12.4 Å². The number of pyridine rings is 6. The van der Waals surface area contributed by atoms with Gasteiger partial charge in [0.2, 0.25) is 0 Å². The van der Waals surface area contributed by atoms with Gasteiger partial charge >= 0.3 is 0 Å². The molecule has 2 aromatic carbocycles. The second-order valence-corrected chi connectivity index (χ2v) is 11.2. The van der Waals surface area contributed by atoms with Crippen molar-refractivity contribution in [2.45, 2.75) is 0 Å². The van der Waals surface area contributed by atoms with Crippen LogP contribution in [0.1, 0.15) is 0 Å². The van der Waals surface area contributed by atoms with Gasteiger partial charge < -0.3 is 0 Å². The van der Waals surface area contributed by atoms with Gasteiger partial charge in [-0.3, -0.25) is 9.97 Å². The van der Waals surface area contributed by atoms with Crippen LogP contribution in [0.5, 0.6) is 0 Å². The minimum Gasteiger partial charge on any atom is -0.255 e. The topological polar surface area (TPSA) is 77.3 Å². The molecule has 0 saturated carbocycles. The standard InChI is InChI=1S/C42H28N6/c1-3-13-29(14-4-1)31-25-39(37-21-11-19-35(45-37)33-17-7-9-23-43-33)47-41(27-31)42-28-32(30-15-5-2-6-16-30)26-40(48-42)38-22-12-20-36(46-38)34-18-8-10-24-44-34/h1-28H. The fraction of sp³-hybridized carbons (Fsp3) is 0. The Hall–Kier alpha value is -6.66. The average molecular weight is 617 g/mol. The van der Waals surface area contributed by atoms with Gasteiger partial charge in [-0.15, -0.1) is 0 Å². The summed E-state index contributed by atoms with van der Waals surface area (Å²) in [7, 11) is 0. The van der Waals surface area contributed by atoms with E-state index in [0.717, 1.165) is 79.2 Å². The first-order valence-electron chi connectivity index (χ1n) is 15.7. The van der Waals surface area contributed by atoms with Crippen LogP contribution in [-0.2, 0) is 0 Å². The maximum atomic E-state index is 5.19. The third-order valence-electron chi connectivity index (χ3n) is 8.01. The van der Waals surface area contributed by atoms with Crippen LogP contribution in [0, 0.1) is 0 Å². The van der Waals surface area contributed by atoms with E-state index in [1.807, 2.05) is 109 Å². The maximum absolute atomic E-state index is 5.19. The van der Waals surface area contributed by atoms with Crippen molar-refractivity contribution in [1.29, 1.82) is 0 Å². The molecule has 6 aromatic heterocycles. The Morgan fingerprint density at radius 3 is 0.917 bits per heavy atom. The van der Waals surface area contributed by atoms with E-state index < -0.39 is 0 Å². The molecule has 226 valence electrons. The first kappa shape index (κ1) is 28.8. The molecule has 0 N–H and O–H groups in total. The van der Waals surface area contributed by atoms with Crippen molar-refractivity contribution in [3.8, 4) is 79.2 Å². The first-order chi connectivity index (χ1) is 23.8. The number of hydrogen-bond donors (Lipinski definition) is 0. The summed E-state index contributed by atoms with van der Waals surface area (Å²) in [5, 5.41) is 0. The molecule has 6 heteroatoms. The Morgan fingerprint density at radius 1 is 0.229 bits per heavy atom. The molecule has 0 bridgehead atoms. The van der Waals surface area contributed by atoms with Crippen molar-refractivity contribution in [1.82, 2.24) is 29.9 Å². The normalized spacial score (nSPS) is 10.9. The van der Waals surface area contributed by atoms with Crippen molar-refractivity contribution in [3.63, 3.8) is 0 Å². The predicted molar refractivity (Wildman–Crippen MR) is 191 cm³/mol. The van der Waals surface area contributed by atoms with Crippen LogP contribution in [-0.4, -0.2) is 29.9 Å². The van der Waals surface area contributed by atoms with E-state index >= 15 is 0 Å². The van der Waals surface area contributed by atoms with E-state index in [2.05, 4.69) is 58.5 Å². The second-order valence-electron chi connectivity index (χ2n) is 11.2. The second kappa shape index (κ2) is 13.0. The molecule has 6 heterocycles. The molecule has 6 nitrogen and oxygen atoms in total. The zero-order valence-electron chi connectivity index (χ0n) is 25.8. The van der Waals surface area contributed by atoms with Crippen molar-refractivity contribution in [2.75, 3.05) is 0 Å². The van der Waals surface area contributed by atoms with E-state index in [-0.39, 0.29) is 0 Å². The Labute approximate surface area is 278 Å². The van der Waals surface area contributed by atoms with Crippen molar-refractivity contribution < 1.29 is 0 Å². The largest absolute Gasteiger partial charge is 0.255 e. The lowest BCUT2D eigenvalue weighted by atomic mass is 10.00. The van der Waals surface area contributed by atoms with Gasteiger partial charge in [0.05, 0.1) is 56.9 Å². The van der Waals surface area contributed by atoms with Gasteiger partial charge in [-0.05, 0) is 95.1 Å². The van der Waals surface area contributed by atoms with E-state index in [0.29, 0.717) is 0 Å². The summed E-state index contributed by atoms with van der Waals surface area (Å²) in [5.41, 5.74) is 11.8. The molecule has 0 atom stereocenters. The summed E-state index contributed by atoms with van der Waals surface area (Å²) in [4.78, 5) is 29.4. The van der Waals surface area contributed by atoms with Gasteiger partial charge in [0.1, 0.15) is 0 Å². The molecular formula is C42H28N6. The summed E-state index contributed by atoms with van der Waals surface area (Å²) < 4.78 is 0. The highest BCUT2D eigenvalue weighted by Crippen LogP contribution is 2.34. The van der Waals surface area contributed by atoms with Crippen molar-refractivity contribution >= 4 is 0 Å². The minimum atomic E-state index is 0.733. The van der Waals surface area contributed by atoms with Gasteiger partial charge in [-0.25, -0.2) is 19.9 Å². The smallest absolute Gasteiger partial charge is 0.0901 e. The summed E-state index contributed by atoms with van der Waals surface area (Å²) in [5.74, 6) is 0. The van der Waals surface area contributed by atoms with Gasteiger partial charge in [-0.1, -0.05) is 84.9 Å². The molecule has 0 fully saturated rings. The molecule has 0 amide bonds. The molecule has 0 aliphatic carbocycles. The van der Waals surface area contributed by atoms with Crippen LogP contribution in [0.15, 0.2) is 170 Å². The quantitative estimate of drug-likeness (QED) is 0.177. The summed E-state index contributed by atoms with van der Waals surface area (Å²) in [6.07, 6.45) is 3.56. The van der Waals surface area contributed by atoms with Crippen LogP contribution in [0.4, 0.5) is 0 Å². The van der Waals surface area contributed by atoms with Crippen molar-refractivity contribution in [2.24, 2.45) is 0 Å². The molecule has 0 spiro atoms. The van der Waals surface area contributed by atoms with E-state index in [9.17, 15) is 0 Å². The van der Waals surface area contributed by atoms with E-state index in [4.69, 9.17) is 19.9 Å². The molecular weight excluding hydrogens is 589 g/mol. The lowest BCUT2D eigenvalue weighted by Crippen LogP contribution is -1.98. The first-order valence-corrected chi connectivity index (χ1v) is 15.7. The van der Waals surface area contributed by atoms with Crippen LogP contribution in [0.2, 0.25) is 0 Å². The number of rotatable bonds is 7. The zero-order valence-corrected chi connectivity index (χ0v) is 25.8. The summed E-state index contributed by atoms with van der Waals surface area (Å²) >= 11 is 0. The Kier molecular flexibility index (Phi) is 7.79. The highest BCUT2D eigenvalue weighted by atomic mass is 14.9. The Balaban J connectivity index is 1.31. The average Bonchev–Trinajstić information content (AvgIpc) is 3.19. The molecule has 0 unspecified atom stereocenters. The molecule has 0 aliphatic rings. The highest BCUT2D eigenvalue weighted by molar-refractivity contribution is 5.79. The zero-order chi connectivity index (χ0) is 32.1. The minimum absolute atomic E-state index is 0.733. The van der Waals surface area contributed by atoms with E-state index in [1.165, 1.54) is 0 Å². The van der Waals surface area contributed by atoms with Gasteiger partial charge in [0.25, 0.3) is 0 Å². The Bertz CT molecular complexity index is 2160. The van der Waals surface area contributed by atoms with Gasteiger partial charge in [-0.2, -0.15) is 0 Å². The molecule has 8 aromatic rings. The van der Waals surface area contributed by atoms with Crippen LogP contribution in [0.25, 0.3) is 79.2 Å². The Morgan fingerprint density at radius 2 is 0.542 bits per heavy atom. The molecule has 8 rings (SSSR count). The molecule has 48 heavy (non-hydrogen) atoms. The van der Waals surface area contributed by atoms with Crippen LogP contribution in [0.3, 0.4) is 0 Å². The maximum Gasteiger partial charge on any atom is 0.0901 e. The summed E-state index contributed by atoms with van der Waals surface area (Å²) in [6, 6.07) is 52.6. The summed E-state index contributed by atoms with van der Waals surface area (Å²) in [6.45, 7) is 0. The third kappa shape index (κ3) is 6.10. The number of hydrogen-bond acceptors (Lipinski definition) is 6. The molecule has 0 aliphatic heterocycles. The van der Waals surface area contributed by atoms with Crippen LogP contribution < -0.4 is 0 Å². The van der Waals surface area contributed by atoms with Crippen LogP contribution >= 0.6 is 0 Å². The fourth-order valence-corrected chi connectivity index (χ4v) is 5.65. The van der Waals surface area contributed by atoms with Gasteiger partial charge in [0, 0.05) is 12.4 Å². The highest BCUT2D eigenvalue weighted by Gasteiger charge is 2.16. The molecule has 0 saturated heterocycles. The third-order valence-corrected chi connectivity index (χ3v) is 8.01. The van der Waals surface area contributed by atoms with Crippen molar-refractivity contribution in [3.05, 3.63) is 170 Å². The van der Waals surface area contributed by atoms with Gasteiger partial charge in [0.15, 0.2) is 0 Å². The predicted octanol–water partition coefficient (Wildman–Crippen LogP) is 9.73. The monoisotopic (exact) mass is 616 g/mol. The SMILES string of the molecule is c1ccc(-c2cc(-c3cccc(-c4ccccn4)n3)nc(-c3cc(-c4ccccc4)cc(-c4cccc(-c5ccccn5)n4)n3)c2)cc1.